The van der Waals surface area contributed by atoms with Gasteiger partial charge in [0.05, 0.1) is 6.04 Å². The Bertz CT molecular complexity index is 778. The fourth-order valence-corrected chi connectivity index (χ4v) is 2.55. The van der Waals surface area contributed by atoms with Crippen LogP contribution in [0.2, 0.25) is 0 Å². The van der Waals surface area contributed by atoms with E-state index in [0.717, 1.165) is 18.4 Å². The SMILES string of the molecule is O=Nc1c(NC2CCc3ccccc32)[nH]c(=O)[nH]c1=O. The van der Waals surface area contributed by atoms with Crippen LogP contribution in [0.15, 0.2) is 39.0 Å². The van der Waals surface area contributed by atoms with Crippen LogP contribution in [0.4, 0.5) is 11.5 Å². The Morgan fingerprint density at radius 1 is 1.20 bits per heavy atom. The number of aromatic nitrogens is 2. The second-order valence-corrected chi connectivity index (χ2v) is 4.66. The third-order valence-electron chi connectivity index (χ3n) is 3.46. The first kappa shape index (κ1) is 12.3. The summed E-state index contributed by atoms with van der Waals surface area (Å²) < 4.78 is 0. The van der Waals surface area contributed by atoms with Gasteiger partial charge in [-0.05, 0) is 29.1 Å². The molecule has 0 saturated heterocycles. The Hall–Kier alpha value is -2.70. The summed E-state index contributed by atoms with van der Waals surface area (Å²) in [6, 6.07) is 7.87. The number of benzene rings is 1. The second kappa shape index (κ2) is 4.76. The molecule has 0 amide bonds. The predicted molar refractivity (Wildman–Crippen MR) is 74.3 cm³/mol. The first-order valence-electron chi connectivity index (χ1n) is 6.23. The molecule has 0 aliphatic heterocycles. The number of aryl methyl sites for hydroxylation is 1. The standard InChI is InChI=1S/C13H12N4O3/c18-12-10(17-20)11(15-13(19)16-12)14-9-6-5-7-3-1-2-4-8(7)9/h1-4,9H,5-6H2,(H3,14,15,16,18,19). The largest absolute Gasteiger partial charge is 0.363 e. The first-order valence-corrected chi connectivity index (χ1v) is 6.23. The van der Waals surface area contributed by atoms with Crippen molar-refractivity contribution in [3.63, 3.8) is 0 Å². The van der Waals surface area contributed by atoms with E-state index in [4.69, 9.17) is 0 Å². The van der Waals surface area contributed by atoms with Crippen LogP contribution in [0.1, 0.15) is 23.6 Å². The summed E-state index contributed by atoms with van der Waals surface area (Å²) in [5.41, 5.74) is 0.519. The van der Waals surface area contributed by atoms with Crippen LogP contribution in [0.3, 0.4) is 0 Å². The summed E-state index contributed by atoms with van der Waals surface area (Å²) in [4.78, 5) is 37.9. The topological polar surface area (TPSA) is 107 Å². The van der Waals surface area contributed by atoms with Gasteiger partial charge in [-0.15, -0.1) is 4.91 Å². The Balaban J connectivity index is 1.99. The third-order valence-corrected chi connectivity index (χ3v) is 3.46. The van der Waals surface area contributed by atoms with Crippen molar-refractivity contribution in [2.45, 2.75) is 18.9 Å². The van der Waals surface area contributed by atoms with Gasteiger partial charge in [0.1, 0.15) is 5.82 Å². The van der Waals surface area contributed by atoms with E-state index in [1.807, 2.05) is 29.2 Å². The Morgan fingerprint density at radius 2 is 2.00 bits per heavy atom. The summed E-state index contributed by atoms with van der Waals surface area (Å²) in [5.74, 6) is 0.0652. The number of H-pyrrole nitrogens is 2. The van der Waals surface area contributed by atoms with Crippen LogP contribution < -0.4 is 16.6 Å². The van der Waals surface area contributed by atoms with E-state index < -0.39 is 11.2 Å². The van der Waals surface area contributed by atoms with Gasteiger partial charge < -0.3 is 5.32 Å². The minimum absolute atomic E-state index is 0.0517. The van der Waals surface area contributed by atoms with E-state index in [1.165, 1.54) is 5.56 Å². The molecule has 3 rings (SSSR count). The predicted octanol–water partition coefficient (Wildman–Crippen LogP) is 1.56. The Kier molecular flexibility index (Phi) is 2.94. The van der Waals surface area contributed by atoms with Gasteiger partial charge >= 0.3 is 5.69 Å². The van der Waals surface area contributed by atoms with Crippen molar-refractivity contribution in [2.24, 2.45) is 5.18 Å². The summed E-state index contributed by atoms with van der Waals surface area (Å²) in [6.45, 7) is 0. The number of hydrogen-bond acceptors (Lipinski definition) is 5. The van der Waals surface area contributed by atoms with E-state index >= 15 is 0 Å². The summed E-state index contributed by atoms with van der Waals surface area (Å²) in [6.07, 6.45) is 1.73. The van der Waals surface area contributed by atoms with Crippen LogP contribution in [0.5, 0.6) is 0 Å². The average Bonchev–Trinajstić information content (AvgIpc) is 2.82. The maximum atomic E-state index is 11.5. The van der Waals surface area contributed by atoms with E-state index in [2.05, 4.69) is 15.5 Å². The summed E-state index contributed by atoms with van der Waals surface area (Å²) >= 11 is 0. The summed E-state index contributed by atoms with van der Waals surface area (Å²) in [7, 11) is 0. The minimum atomic E-state index is -0.794. The van der Waals surface area contributed by atoms with Gasteiger partial charge in [0.15, 0.2) is 0 Å². The Morgan fingerprint density at radius 3 is 2.80 bits per heavy atom. The molecule has 20 heavy (non-hydrogen) atoms. The molecule has 1 aliphatic carbocycles. The van der Waals surface area contributed by atoms with Crippen molar-refractivity contribution >= 4 is 11.5 Å². The lowest BCUT2D eigenvalue weighted by molar-refractivity contribution is 0.754. The molecule has 7 heteroatoms. The van der Waals surface area contributed by atoms with Crippen LogP contribution in [-0.2, 0) is 6.42 Å². The van der Waals surface area contributed by atoms with Gasteiger partial charge in [-0.25, -0.2) is 4.79 Å². The van der Waals surface area contributed by atoms with E-state index in [0.29, 0.717) is 0 Å². The molecule has 1 unspecified atom stereocenters. The van der Waals surface area contributed by atoms with Crippen LogP contribution in [0, 0.1) is 4.91 Å². The van der Waals surface area contributed by atoms with Crippen molar-refractivity contribution in [3.05, 3.63) is 61.1 Å². The Labute approximate surface area is 113 Å². The van der Waals surface area contributed by atoms with Gasteiger partial charge in [-0.1, -0.05) is 24.3 Å². The highest BCUT2D eigenvalue weighted by Gasteiger charge is 2.23. The van der Waals surface area contributed by atoms with Crippen molar-refractivity contribution in [3.8, 4) is 0 Å². The highest BCUT2D eigenvalue weighted by molar-refractivity contribution is 5.59. The molecule has 0 radical (unpaired) electrons. The number of nitrogens with zero attached hydrogens (tertiary/aromatic N) is 1. The molecule has 1 aromatic carbocycles. The fraction of sp³-hybridized carbons (Fsp3) is 0.231. The monoisotopic (exact) mass is 272 g/mol. The first-order chi connectivity index (χ1) is 9.69. The molecule has 1 heterocycles. The van der Waals surface area contributed by atoms with Crippen molar-refractivity contribution < 1.29 is 0 Å². The van der Waals surface area contributed by atoms with Crippen LogP contribution in [-0.4, -0.2) is 9.97 Å². The number of nitroso groups, excluding NO2 is 1. The molecule has 1 atom stereocenters. The molecule has 0 saturated carbocycles. The zero-order valence-corrected chi connectivity index (χ0v) is 10.5. The highest BCUT2D eigenvalue weighted by atomic mass is 16.3. The highest BCUT2D eigenvalue weighted by Crippen LogP contribution is 2.34. The zero-order valence-electron chi connectivity index (χ0n) is 10.5. The molecular weight excluding hydrogens is 260 g/mol. The molecule has 0 bridgehead atoms. The normalized spacial score (nSPS) is 16.7. The van der Waals surface area contributed by atoms with E-state index in [1.54, 1.807) is 0 Å². The molecule has 1 aromatic heterocycles. The zero-order chi connectivity index (χ0) is 14.1. The number of fused-ring (bicyclic) bond motifs is 1. The average molecular weight is 272 g/mol. The maximum Gasteiger partial charge on any atom is 0.327 e. The maximum absolute atomic E-state index is 11.5. The van der Waals surface area contributed by atoms with Crippen molar-refractivity contribution in [2.75, 3.05) is 5.32 Å². The third kappa shape index (κ3) is 2.03. The van der Waals surface area contributed by atoms with Gasteiger partial charge in [0.25, 0.3) is 5.56 Å². The molecular formula is C13H12N4O3. The number of aromatic amines is 2. The van der Waals surface area contributed by atoms with Gasteiger partial charge in [-0.3, -0.25) is 14.8 Å². The fourth-order valence-electron chi connectivity index (χ4n) is 2.55. The van der Waals surface area contributed by atoms with Crippen LogP contribution in [0.25, 0.3) is 0 Å². The molecule has 3 N–H and O–H groups in total. The number of rotatable bonds is 3. The molecule has 1 aliphatic rings. The van der Waals surface area contributed by atoms with Crippen LogP contribution >= 0.6 is 0 Å². The second-order valence-electron chi connectivity index (χ2n) is 4.66. The summed E-state index contributed by atoms with van der Waals surface area (Å²) in [5, 5.41) is 5.71. The lowest BCUT2D eigenvalue weighted by Crippen LogP contribution is -2.24. The smallest absolute Gasteiger partial charge is 0.327 e. The lowest BCUT2D eigenvalue weighted by Gasteiger charge is -2.15. The molecule has 2 aromatic rings. The molecule has 0 fully saturated rings. The molecule has 0 spiro atoms. The van der Waals surface area contributed by atoms with E-state index in [-0.39, 0.29) is 17.5 Å². The number of nitrogens with one attached hydrogen (secondary N) is 3. The van der Waals surface area contributed by atoms with Crippen molar-refractivity contribution in [1.82, 2.24) is 9.97 Å². The van der Waals surface area contributed by atoms with Crippen molar-refractivity contribution in [1.29, 1.82) is 0 Å². The van der Waals surface area contributed by atoms with Gasteiger partial charge in [0, 0.05) is 0 Å². The quantitative estimate of drug-likeness (QED) is 0.737. The minimum Gasteiger partial charge on any atom is -0.363 e. The van der Waals surface area contributed by atoms with Gasteiger partial charge in [0.2, 0.25) is 5.69 Å². The molecule has 102 valence electrons. The lowest BCUT2D eigenvalue weighted by atomic mass is 10.1. The molecule has 7 nitrogen and oxygen atoms in total. The van der Waals surface area contributed by atoms with Gasteiger partial charge in [-0.2, -0.15) is 0 Å². The number of anilines is 1. The number of hydrogen-bond donors (Lipinski definition) is 3. The van der Waals surface area contributed by atoms with E-state index in [9.17, 15) is 14.5 Å².